The van der Waals surface area contributed by atoms with Crippen molar-refractivity contribution >= 4 is 0 Å². The minimum absolute atomic E-state index is 0.818. The van der Waals surface area contributed by atoms with Crippen LogP contribution in [0.2, 0.25) is 0 Å². The van der Waals surface area contributed by atoms with Gasteiger partial charge in [-0.15, -0.1) is 0 Å². The number of hydrogen-bond acceptors (Lipinski definition) is 3. The van der Waals surface area contributed by atoms with E-state index in [1.54, 1.807) is 0 Å². The molecule has 21 heavy (non-hydrogen) atoms. The molecular formula is C18H39N3. The van der Waals surface area contributed by atoms with E-state index in [9.17, 15) is 0 Å². The number of rotatable bonds is 4. The number of likely N-dealkylation sites (tertiary alicyclic amines) is 1. The lowest BCUT2D eigenvalue weighted by molar-refractivity contribution is 0.141. The van der Waals surface area contributed by atoms with Crippen LogP contribution >= 0.6 is 0 Å². The molecule has 0 aliphatic carbocycles. The lowest BCUT2D eigenvalue weighted by Gasteiger charge is -2.33. The topological polar surface area (TPSA) is 9.72 Å². The number of likely N-dealkylation sites (N-methyl/N-ethyl adjacent to an activating group) is 1. The lowest BCUT2D eigenvalue weighted by atomic mass is 10.2. The number of nitrogens with zero attached hydrogens (tertiary/aromatic N) is 3. The highest BCUT2D eigenvalue weighted by molar-refractivity contribution is 4.72. The van der Waals surface area contributed by atoms with Gasteiger partial charge in [-0.05, 0) is 37.8 Å². The molecule has 1 unspecified atom stereocenters. The number of hydrogen-bond donors (Lipinski definition) is 0. The molecule has 0 amide bonds. The van der Waals surface area contributed by atoms with E-state index < -0.39 is 0 Å². The molecule has 2 aliphatic heterocycles. The quantitative estimate of drug-likeness (QED) is 0.790. The summed E-state index contributed by atoms with van der Waals surface area (Å²) in [6, 6.07) is 0. The molecule has 3 heteroatoms. The Morgan fingerprint density at radius 3 is 1.76 bits per heavy atom. The second kappa shape index (κ2) is 9.81. The largest absolute Gasteiger partial charge is 0.304 e. The first-order chi connectivity index (χ1) is 9.86. The fourth-order valence-corrected chi connectivity index (χ4v) is 3.26. The molecule has 1 atom stereocenters. The lowest BCUT2D eigenvalue weighted by Crippen LogP contribution is -2.45. The molecule has 2 saturated heterocycles. The zero-order valence-corrected chi connectivity index (χ0v) is 15.4. The van der Waals surface area contributed by atoms with E-state index >= 15 is 0 Å². The van der Waals surface area contributed by atoms with E-state index in [1.165, 1.54) is 58.8 Å². The van der Waals surface area contributed by atoms with Gasteiger partial charge in [0, 0.05) is 45.8 Å². The van der Waals surface area contributed by atoms with Gasteiger partial charge in [0.05, 0.1) is 0 Å². The van der Waals surface area contributed by atoms with Gasteiger partial charge in [0.2, 0.25) is 0 Å². The Hall–Kier alpha value is -0.120. The SMILES string of the molecule is CC(C)CN1CCC(C)C1.CC(C)CN1CCN(C)CC1. The highest BCUT2D eigenvalue weighted by Gasteiger charge is 2.18. The highest BCUT2D eigenvalue weighted by atomic mass is 15.2. The third kappa shape index (κ3) is 8.80. The maximum Gasteiger partial charge on any atom is 0.0110 e. The summed E-state index contributed by atoms with van der Waals surface area (Å²) in [4.78, 5) is 7.54. The van der Waals surface area contributed by atoms with Crippen LogP contribution in [0, 0.1) is 17.8 Å². The zero-order valence-electron chi connectivity index (χ0n) is 15.4. The molecule has 2 heterocycles. The summed E-state index contributed by atoms with van der Waals surface area (Å²) in [7, 11) is 2.20. The normalized spacial score (nSPS) is 25.4. The molecule has 0 aromatic heterocycles. The van der Waals surface area contributed by atoms with Crippen molar-refractivity contribution in [3.63, 3.8) is 0 Å². The molecule has 0 aromatic carbocycles. The Kier molecular flexibility index (Phi) is 8.84. The molecule has 0 spiro atoms. The minimum atomic E-state index is 0.818. The average molecular weight is 298 g/mol. The van der Waals surface area contributed by atoms with Crippen LogP contribution in [0.3, 0.4) is 0 Å². The first kappa shape index (κ1) is 18.9. The molecule has 126 valence electrons. The fraction of sp³-hybridized carbons (Fsp3) is 1.00. The number of piperazine rings is 1. The summed E-state index contributed by atoms with van der Waals surface area (Å²) >= 11 is 0. The predicted molar refractivity (Wildman–Crippen MR) is 93.8 cm³/mol. The van der Waals surface area contributed by atoms with Crippen molar-refractivity contribution in [3.8, 4) is 0 Å². The Labute approximate surface area is 133 Å². The van der Waals surface area contributed by atoms with Crippen molar-refractivity contribution in [3.05, 3.63) is 0 Å². The second-order valence-corrected chi connectivity index (χ2v) is 8.05. The average Bonchev–Trinajstić information content (AvgIpc) is 2.77. The van der Waals surface area contributed by atoms with E-state index in [1.807, 2.05) is 0 Å². The van der Waals surface area contributed by atoms with Gasteiger partial charge in [-0.25, -0.2) is 0 Å². The Bertz CT molecular complexity index is 257. The molecule has 0 aromatic rings. The van der Waals surface area contributed by atoms with Crippen molar-refractivity contribution in [2.45, 2.75) is 41.0 Å². The standard InChI is InChI=1S/C9H20N2.C9H19N/c1-9(2)8-11-6-4-10(3)5-7-11;1-8(2)6-10-5-4-9(3)7-10/h9H,4-8H2,1-3H3;8-9H,4-7H2,1-3H3. The summed E-state index contributed by atoms with van der Waals surface area (Å²) in [5.74, 6) is 2.60. The van der Waals surface area contributed by atoms with Gasteiger partial charge in [-0.3, -0.25) is 0 Å². The summed E-state index contributed by atoms with van der Waals surface area (Å²) in [6.07, 6.45) is 1.41. The minimum Gasteiger partial charge on any atom is -0.304 e. The second-order valence-electron chi connectivity index (χ2n) is 8.05. The van der Waals surface area contributed by atoms with Crippen molar-refractivity contribution < 1.29 is 0 Å². The van der Waals surface area contributed by atoms with Gasteiger partial charge in [0.1, 0.15) is 0 Å². The molecule has 3 nitrogen and oxygen atoms in total. The third-order valence-corrected chi connectivity index (χ3v) is 4.35. The van der Waals surface area contributed by atoms with Crippen molar-refractivity contribution in [2.24, 2.45) is 17.8 Å². The summed E-state index contributed by atoms with van der Waals surface area (Å²) in [5, 5.41) is 0. The van der Waals surface area contributed by atoms with Gasteiger partial charge >= 0.3 is 0 Å². The fourth-order valence-electron chi connectivity index (χ4n) is 3.26. The Morgan fingerprint density at radius 1 is 0.810 bits per heavy atom. The van der Waals surface area contributed by atoms with Crippen LogP contribution < -0.4 is 0 Å². The molecule has 0 N–H and O–H groups in total. The van der Waals surface area contributed by atoms with Crippen LogP contribution in [0.1, 0.15) is 41.0 Å². The van der Waals surface area contributed by atoms with E-state index in [4.69, 9.17) is 0 Å². The molecule has 0 radical (unpaired) electrons. The van der Waals surface area contributed by atoms with Crippen LogP contribution in [-0.2, 0) is 0 Å². The summed E-state index contributed by atoms with van der Waals surface area (Å²) in [5.41, 5.74) is 0. The van der Waals surface area contributed by atoms with E-state index in [0.29, 0.717) is 0 Å². The smallest absolute Gasteiger partial charge is 0.0110 e. The summed E-state index contributed by atoms with van der Waals surface area (Å²) < 4.78 is 0. The van der Waals surface area contributed by atoms with Crippen LogP contribution in [0.25, 0.3) is 0 Å². The van der Waals surface area contributed by atoms with Crippen LogP contribution in [0.15, 0.2) is 0 Å². The third-order valence-electron chi connectivity index (χ3n) is 4.35. The van der Waals surface area contributed by atoms with Crippen LogP contribution in [0.4, 0.5) is 0 Å². The molecule has 2 rings (SSSR count). The molecule has 2 fully saturated rings. The Balaban J connectivity index is 0.000000211. The highest BCUT2D eigenvalue weighted by Crippen LogP contribution is 2.15. The predicted octanol–water partition coefficient (Wildman–Crippen LogP) is 2.87. The van der Waals surface area contributed by atoms with Gasteiger partial charge < -0.3 is 14.7 Å². The molecule has 0 saturated carbocycles. The molecule has 2 aliphatic rings. The van der Waals surface area contributed by atoms with Crippen molar-refractivity contribution in [2.75, 3.05) is 59.4 Å². The van der Waals surface area contributed by atoms with E-state index in [0.717, 1.165) is 17.8 Å². The molecular weight excluding hydrogens is 258 g/mol. The molecule has 0 bridgehead atoms. The van der Waals surface area contributed by atoms with E-state index in [-0.39, 0.29) is 0 Å². The van der Waals surface area contributed by atoms with Gasteiger partial charge in [0.25, 0.3) is 0 Å². The van der Waals surface area contributed by atoms with Gasteiger partial charge in [0.15, 0.2) is 0 Å². The van der Waals surface area contributed by atoms with Gasteiger partial charge in [-0.2, -0.15) is 0 Å². The first-order valence-electron chi connectivity index (χ1n) is 9.00. The van der Waals surface area contributed by atoms with Crippen molar-refractivity contribution in [1.82, 2.24) is 14.7 Å². The van der Waals surface area contributed by atoms with Gasteiger partial charge in [-0.1, -0.05) is 34.6 Å². The van der Waals surface area contributed by atoms with Crippen molar-refractivity contribution in [1.29, 1.82) is 0 Å². The van der Waals surface area contributed by atoms with Crippen LogP contribution in [0.5, 0.6) is 0 Å². The maximum absolute atomic E-state index is 2.58. The summed E-state index contributed by atoms with van der Waals surface area (Å²) in [6.45, 7) is 21.8. The van der Waals surface area contributed by atoms with Crippen LogP contribution in [-0.4, -0.2) is 74.1 Å². The maximum atomic E-state index is 2.58. The first-order valence-corrected chi connectivity index (χ1v) is 9.00. The van der Waals surface area contributed by atoms with E-state index in [2.05, 4.69) is 56.4 Å². The Morgan fingerprint density at radius 2 is 1.33 bits per heavy atom. The monoisotopic (exact) mass is 297 g/mol. The zero-order chi connectivity index (χ0) is 15.8.